The van der Waals surface area contributed by atoms with Crippen LogP contribution in [0.1, 0.15) is 49.4 Å². The number of hydrogen-bond donors (Lipinski definition) is 3. The summed E-state index contributed by atoms with van der Waals surface area (Å²) in [6, 6.07) is 12.8. The van der Waals surface area contributed by atoms with Gasteiger partial charge in [-0.15, -0.1) is 0 Å². The van der Waals surface area contributed by atoms with Gasteiger partial charge in [0.1, 0.15) is 23.8 Å². The van der Waals surface area contributed by atoms with Gasteiger partial charge in [-0.3, -0.25) is 5.41 Å². The molecule has 0 amide bonds. The SMILES string of the molecule is C=C1/C(CC)=C(C)/C=C\C=C\C=C(\CNc2ncnc(N)c2C(=N)c2cc(F)cc(CC)c2)N1c1ccccc1C. The zero-order valence-corrected chi connectivity index (χ0v) is 24.1. The Bertz CT molecular complexity index is 1590. The number of benzene rings is 2. The first-order valence-corrected chi connectivity index (χ1v) is 13.8. The van der Waals surface area contributed by atoms with Crippen LogP contribution in [0.25, 0.3) is 0 Å². The van der Waals surface area contributed by atoms with E-state index in [1.54, 1.807) is 6.07 Å². The number of aryl methyl sites for hydroxylation is 2. The van der Waals surface area contributed by atoms with Gasteiger partial charge in [-0.1, -0.05) is 62.9 Å². The van der Waals surface area contributed by atoms with Crippen LogP contribution in [0.4, 0.5) is 21.7 Å². The number of nitrogen functional groups attached to an aromatic ring is 1. The highest BCUT2D eigenvalue weighted by Crippen LogP contribution is 2.33. The van der Waals surface area contributed by atoms with Crippen molar-refractivity contribution in [1.29, 1.82) is 5.41 Å². The number of aromatic nitrogens is 2. The Kier molecular flexibility index (Phi) is 9.30. The van der Waals surface area contributed by atoms with Crippen molar-refractivity contribution in [1.82, 2.24) is 9.97 Å². The molecule has 0 aliphatic carbocycles. The smallest absolute Gasteiger partial charge is 0.141 e. The fourth-order valence-electron chi connectivity index (χ4n) is 4.97. The molecule has 7 heteroatoms. The van der Waals surface area contributed by atoms with Crippen LogP contribution in [0, 0.1) is 18.2 Å². The van der Waals surface area contributed by atoms with E-state index in [0.717, 1.165) is 45.8 Å². The van der Waals surface area contributed by atoms with Gasteiger partial charge in [0.2, 0.25) is 0 Å². The Morgan fingerprint density at radius 2 is 1.83 bits per heavy atom. The lowest BCUT2D eigenvalue weighted by Gasteiger charge is -2.33. The number of hydrogen-bond acceptors (Lipinski definition) is 6. The molecule has 0 saturated heterocycles. The largest absolute Gasteiger partial charge is 0.383 e. The molecular formula is C34H37FN6. The van der Waals surface area contributed by atoms with Crippen LogP contribution in [0.15, 0.2) is 108 Å². The van der Waals surface area contributed by atoms with Crippen molar-refractivity contribution in [3.05, 3.63) is 136 Å². The molecule has 41 heavy (non-hydrogen) atoms. The van der Waals surface area contributed by atoms with E-state index in [9.17, 15) is 4.39 Å². The van der Waals surface area contributed by atoms with Crippen LogP contribution in [0.3, 0.4) is 0 Å². The maximum Gasteiger partial charge on any atom is 0.141 e. The van der Waals surface area contributed by atoms with Gasteiger partial charge in [0.05, 0.1) is 17.8 Å². The summed E-state index contributed by atoms with van der Waals surface area (Å²) in [5.74, 6) is 0.139. The highest BCUT2D eigenvalue weighted by molar-refractivity contribution is 6.16. The van der Waals surface area contributed by atoms with Gasteiger partial charge in [0, 0.05) is 22.6 Å². The average Bonchev–Trinajstić information content (AvgIpc) is 2.95. The Balaban J connectivity index is 1.77. The van der Waals surface area contributed by atoms with Gasteiger partial charge >= 0.3 is 0 Å². The summed E-state index contributed by atoms with van der Waals surface area (Å²) in [4.78, 5) is 10.8. The van der Waals surface area contributed by atoms with Crippen molar-refractivity contribution in [3.8, 4) is 0 Å². The predicted octanol–water partition coefficient (Wildman–Crippen LogP) is 7.65. The zero-order valence-electron chi connectivity index (χ0n) is 24.1. The van der Waals surface area contributed by atoms with Crippen molar-refractivity contribution in [2.75, 3.05) is 22.5 Å². The summed E-state index contributed by atoms with van der Waals surface area (Å²) >= 11 is 0. The minimum Gasteiger partial charge on any atom is -0.383 e. The van der Waals surface area contributed by atoms with E-state index < -0.39 is 5.82 Å². The summed E-state index contributed by atoms with van der Waals surface area (Å²) < 4.78 is 14.4. The van der Waals surface area contributed by atoms with Crippen LogP contribution < -0.4 is 16.0 Å². The van der Waals surface area contributed by atoms with Gasteiger partial charge in [-0.25, -0.2) is 14.4 Å². The second-order valence-electron chi connectivity index (χ2n) is 9.90. The van der Waals surface area contributed by atoms with E-state index >= 15 is 0 Å². The molecule has 3 aromatic rings. The number of anilines is 3. The van der Waals surface area contributed by atoms with Crippen molar-refractivity contribution >= 4 is 23.0 Å². The Morgan fingerprint density at radius 3 is 2.56 bits per heavy atom. The molecule has 210 valence electrons. The molecule has 1 aliphatic heterocycles. The molecule has 6 nitrogen and oxygen atoms in total. The Labute approximate surface area is 242 Å². The fourth-order valence-corrected chi connectivity index (χ4v) is 4.97. The summed E-state index contributed by atoms with van der Waals surface area (Å²) in [7, 11) is 0. The van der Waals surface area contributed by atoms with Crippen LogP contribution in [-0.4, -0.2) is 22.2 Å². The zero-order chi connectivity index (χ0) is 29.5. The van der Waals surface area contributed by atoms with E-state index in [-0.39, 0.29) is 11.5 Å². The monoisotopic (exact) mass is 548 g/mol. The van der Waals surface area contributed by atoms with Crippen LogP contribution in [-0.2, 0) is 6.42 Å². The van der Waals surface area contributed by atoms with Crippen molar-refractivity contribution in [2.45, 2.75) is 40.5 Å². The first kappa shape index (κ1) is 29.2. The van der Waals surface area contributed by atoms with E-state index in [1.807, 2.05) is 43.4 Å². The van der Waals surface area contributed by atoms with E-state index in [2.05, 4.69) is 65.7 Å². The number of nitrogens with zero attached hydrogens (tertiary/aromatic N) is 3. The molecule has 0 bridgehead atoms. The summed E-state index contributed by atoms with van der Waals surface area (Å²) in [6.07, 6.45) is 13.0. The van der Waals surface area contributed by atoms with E-state index in [1.165, 1.54) is 18.5 Å². The van der Waals surface area contributed by atoms with E-state index in [0.29, 0.717) is 29.9 Å². The molecule has 4 rings (SSSR count). The molecule has 0 unspecified atom stereocenters. The standard InChI is InChI=1S/C34H37FN6/c1-6-25-17-26(19-27(35)18-25)32(36)31-33(37)39-21-40-34(31)38-20-28-15-10-8-9-13-22(3)29(7-2)24(5)41(28)30-16-12-11-14-23(30)4/h8-19,21,36H,5-7,20H2,1-4H3,(H3,37,38,39,40)/b10-8+,13-9-,28-15-,29-22+,36-32?. The third-order valence-electron chi connectivity index (χ3n) is 7.17. The van der Waals surface area contributed by atoms with E-state index in [4.69, 9.17) is 11.1 Å². The first-order chi connectivity index (χ1) is 19.7. The molecular weight excluding hydrogens is 511 g/mol. The normalized spacial score (nSPS) is 18.4. The van der Waals surface area contributed by atoms with Gasteiger partial charge in [-0.05, 0) is 79.3 Å². The van der Waals surface area contributed by atoms with Gasteiger partial charge in [0.15, 0.2) is 0 Å². The Morgan fingerprint density at radius 1 is 1.05 bits per heavy atom. The molecule has 4 N–H and O–H groups in total. The molecule has 0 radical (unpaired) electrons. The van der Waals surface area contributed by atoms with Crippen LogP contribution in [0.5, 0.6) is 0 Å². The average molecular weight is 549 g/mol. The van der Waals surface area contributed by atoms with Crippen molar-refractivity contribution in [2.24, 2.45) is 0 Å². The lowest BCUT2D eigenvalue weighted by molar-refractivity contribution is 0.625. The van der Waals surface area contributed by atoms with Gasteiger partial charge in [-0.2, -0.15) is 0 Å². The molecule has 0 saturated carbocycles. The molecule has 0 spiro atoms. The minimum atomic E-state index is -0.399. The molecule has 0 atom stereocenters. The number of nitrogens with two attached hydrogens (primary N) is 1. The predicted molar refractivity (Wildman–Crippen MR) is 169 cm³/mol. The molecule has 2 aromatic carbocycles. The maximum atomic E-state index is 14.4. The number of nitrogens with one attached hydrogen (secondary N) is 2. The highest BCUT2D eigenvalue weighted by atomic mass is 19.1. The lowest BCUT2D eigenvalue weighted by atomic mass is 9.99. The lowest BCUT2D eigenvalue weighted by Crippen LogP contribution is -2.28. The van der Waals surface area contributed by atoms with Gasteiger partial charge in [0.25, 0.3) is 0 Å². The summed E-state index contributed by atoms with van der Waals surface area (Å²) in [6.45, 7) is 13.2. The van der Waals surface area contributed by atoms with Crippen LogP contribution in [0.2, 0.25) is 0 Å². The van der Waals surface area contributed by atoms with Crippen molar-refractivity contribution in [3.63, 3.8) is 0 Å². The van der Waals surface area contributed by atoms with Gasteiger partial charge < -0.3 is 16.0 Å². The third-order valence-corrected chi connectivity index (χ3v) is 7.17. The maximum absolute atomic E-state index is 14.4. The second-order valence-corrected chi connectivity index (χ2v) is 9.90. The second kappa shape index (κ2) is 13.0. The Hall–Kier alpha value is -4.78. The summed E-state index contributed by atoms with van der Waals surface area (Å²) in [5.41, 5.74) is 14.1. The molecule has 1 aromatic heterocycles. The first-order valence-electron chi connectivity index (χ1n) is 13.8. The number of allylic oxidation sites excluding steroid dienone is 7. The van der Waals surface area contributed by atoms with Crippen LogP contribution >= 0.6 is 0 Å². The summed E-state index contributed by atoms with van der Waals surface area (Å²) in [5, 5.41) is 12.3. The fraction of sp³-hybridized carbons (Fsp3) is 0.206. The molecule has 0 fully saturated rings. The number of para-hydroxylation sites is 1. The topological polar surface area (TPSA) is 90.9 Å². The quantitative estimate of drug-likeness (QED) is 0.252. The minimum absolute atomic E-state index is 0.0526. The third kappa shape index (κ3) is 6.52. The van der Waals surface area contributed by atoms with Crippen molar-refractivity contribution < 1.29 is 4.39 Å². The number of halogens is 1. The highest BCUT2D eigenvalue weighted by Gasteiger charge is 2.22. The number of rotatable bonds is 8. The molecule has 1 aliphatic rings. The molecule has 2 heterocycles.